The summed E-state index contributed by atoms with van der Waals surface area (Å²) in [5.74, 6) is 0.668. The van der Waals surface area contributed by atoms with Crippen molar-refractivity contribution in [2.45, 2.75) is 32.2 Å². The van der Waals surface area contributed by atoms with Crippen LogP contribution >= 0.6 is 0 Å². The molecule has 7 nitrogen and oxygen atoms in total. The lowest BCUT2D eigenvalue weighted by Gasteiger charge is -2.39. The first-order valence-corrected chi connectivity index (χ1v) is 9.15. The zero-order valence-electron chi connectivity index (χ0n) is 14.7. The highest BCUT2D eigenvalue weighted by atomic mass is 16.5. The molecule has 0 saturated carbocycles. The van der Waals surface area contributed by atoms with Gasteiger partial charge in [0, 0.05) is 44.6 Å². The lowest BCUT2D eigenvalue weighted by Crippen LogP contribution is -2.51. The second kappa shape index (κ2) is 7.09. The number of likely N-dealkylation sites (tertiary alicyclic amines) is 1. The zero-order valence-corrected chi connectivity index (χ0v) is 14.7. The normalized spacial score (nSPS) is 22.4. The van der Waals surface area contributed by atoms with E-state index in [0.29, 0.717) is 11.5 Å². The summed E-state index contributed by atoms with van der Waals surface area (Å²) < 4.78 is 7.26. The van der Waals surface area contributed by atoms with Crippen molar-refractivity contribution < 1.29 is 9.53 Å². The van der Waals surface area contributed by atoms with Crippen LogP contribution in [0.15, 0.2) is 18.5 Å². The number of rotatable bonds is 3. The van der Waals surface area contributed by atoms with Gasteiger partial charge in [0.1, 0.15) is 5.69 Å². The van der Waals surface area contributed by atoms with E-state index in [0.717, 1.165) is 57.9 Å². The van der Waals surface area contributed by atoms with Crippen LogP contribution in [0.4, 0.5) is 0 Å². The molecule has 0 bridgehead atoms. The molecule has 4 rings (SSSR count). The lowest BCUT2D eigenvalue weighted by atomic mass is 10.0. The molecule has 0 aromatic carbocycles. The Morgan fingerprint density at radius 1 is 1.28 bits per heavy atom. The van der Waals surface area contributed by atoms with Crippen LogP contribution in [0.1, 0.15) is 35.4 Å². The van der Waals surface area contributed by atoms with Gasteiger partial charge in [-0.15, -0.1) is 0 Å². The van der Waals surface area contributed by atoms with Crippen LogP contribution < -0.4 is 0 Å². The number of aromatic nitrogens is 3. The lowest BCUT2D eigenvalue weighted by molar-refractivity contribution is 0.0164. The van der Waals surface area contributed by atoms with Crippen molar-refractivity contribution in [2.24, 2.45) is 0 Å². The summed E-state index contributed by atoms with van der Waals surface area (Å²) in [4.78, 5) is 26.5. The predicted octanol–water partition coefficient (Wildman–Crippen LogP) is 1.36. The first-order valence-electron chi connectivity index (χ1n) is 9.15. The second-order valence-electron chi connectivity index (χ2n) is 6.90. The van der Waals surface area contributed by atoms with Crippen LogP contribution in [0, 0.1) is 6.92 Å². The fraction of sp³-hybridized carbons (Fsp3) is 0.611. The van der Waals surface area contributed by atoms with Gasteiger partial charge in [0.15, 0.2) is 0 Å². The van der Waals surface area contributed by atoms with E-state index in [1.165, 1.54) is 6.42 Å². The van der Waals surface area contributed by atoms with Crippen molar-refractivity contribution in [3.63, 3.8) is 0 Å². The molecule has 2 saturated heterocycles. The van der Waals surface area contributed by atoms with E-state index < -0.39 is 0 Å². The number of hydrogen-bond donors (Lipinski definition) is 0. The Bertz CT molecular complexity index is 753. The summed E-state index contributed by atoms with van der Waals surface area (Å²) in [5, 5.41) is 0. The van der Waals surface area contributed by atoms with Crippen LogP contribution in [-0.4, -0.2) is 75.5 Å². The van der Waals surface area contributed by atoms with Gasteiger partial charge in [-0.3, -0.25) is 14.1 Å². The highest BCUT2D eigenvalue weighted by Gasteiger charge is 2.32. The highest BCUT2D eigenvalue weighted by Crippen LogP contribution is 2.22. The van der Waals surface area contributed by atoms with Gasteiger partial charge in [-0.1, -0.05) is 0 Å². The molecule has 2 aromatic rings. The van der Waals surface area contributed by atoms with Gasteiger partial charge in [-0.05, 0) is 32.3 Å². The third kappa shape index (κ3) is 3.26. The van der Waals surface area contributed by atoms with Gasteiger partial charge >= 0.3 is 0 Å². The van der Waals surface area contributed by atoms with E-state index in [4.69, 9.17) is 4.74 Å². The molecule has 25 heavy (non-hydrogen) atoms. The molecule has 2 fully saturated rings. The van der Waals surface area contributed by atoms with Gasteiger partial charge in [0.25, 0.3) is 5.91 Å². The zero-order chi connectivity index (χ0) is 17.2. The van der Waals surface area contributed by atoms with Crippen LogP contribution in [0.2, 0.25) is 0 Å². The molecule has 1 atom stereocenters. The van der Waals surface area contributed by atoms with Crippen molar-refractivity contribution >= 4 is 11.7 Å². The summed E-state index contributed by atoms with van der Waals surface area (Å²) in [6.07, 6.45) is 6.90. The molecular weight excluding hydrogens is 318 g/mol. The van der Waals surface area contributed by atoms with Crippen molar-refractivity contribution in [3.05, 3.63) is 29.8 Å². The monoisotopic (exact) mass is 343 g/mol. The van der Waals surface area contributed by atoms with Gasteiger partial charge in [-0.2, -0.15) is 0 Å². The minimum atomic E-state index is 0.0796. The average molecular weight is 343 g/mol. The van der Waals surface area contributed by atoms with E-state index in [-0.39, 0.29) is 11.9 Å². The third-order valence-corrected chi connectivity index (χ3v) is 5.24. The fourth-order valence-corrected chi connectivity index (χ4v) is 3.93. The number of aryl methyl sites for hydroxylation is 1. The summed E-state index contributed by atoms with van der Waals surface area (Å²) >= 11 is 0. The standard InChI is InChI=1S/C18H25N5O2/c1-14-16(23-8-4-6-19-18(23)20-14)17(24)22-7-3-2-5-15(22)13-21-9-11-25-12-10-21/h4,6,8,15H,2-3,5,7,9-13H2,1H3. The van der Waals surface area contributed by atoms with Gasteiger partial charge in [0.05, 0.1) is 18.9 Å². The molecule has 4 heterocycles. The maximum atomic E-state index is 13.3. The maximum Gasteiger partial charge on any atom is 0.273 e. The Labute approximate surface area is 147 Å². The Morgan fingerprint density at radius 2 is 2.12 bits per heavy atom. The number of hydrogen-bond acceptors (Lipinski definition) is 5. The molecule has 2 aliphatic rings. The van der Waals surface area contributed by atoms with E-state index in [2.05, 4.69) is 19.8 Å². The molecule has 7 heteroatoms. The quantitative estimate of drug-likeness (QED) is 0.842. The van der Waals surface area contributed by atoms with E-state index >= 15 is 0 Å². The SMILES string of the molecule is Cc1nc2ncccn2c1C(=O)N1CCCCC1CN1CCOCC1. The molecule has 2 aromatic heterocycles. The Balaban J connectivity index is 1.58. The minimum absolute atomic E-state index is 0.0796. The molecule has 0 N–H and O–H groups in total. The summed E-state index contributed by atoms with van der Waals surface area (Å²) in [5.41, 5.74) is 1.40. The van der Waals surface area contributed by atoms with Crippen LogP contribution in [0.5, 0.6) is 0 Å². The minimum Gasteiger partial charge on any atom is -0.379 e. The molecule has 1 amide bonds. The highest BCUT2D eigenvalue weighted by molar-refractivity contribution is 5.94. The maximum absolute atomic E-state index is 13.3. The number of piperidine rings is 1. The number of morpholine rings is 1. The first kappa shape index (κ1) is 16.5. The summed E-state index contributed by atoms with van der Waals surface area (Å²) in [6.45, 7) is 7.14. The number of carbonyl (C=O) groups is 1. The number of imidazole rings is 1. The number of carbonyl (C=O) groups excluding carboxylic acids is 1. The summed E-state index contributed by atoms with van der Waals surface area (Å²) in [7, 11) is 0. The molecule has 0 aliphatic carbocycles. The molecular formula is C18H25N5O2. The average Bonchev–Trinajstić information content (AvgIpc) is 2.98. The number of ether oxygens (including phenoxy) is 1. The number of amides is 1. The third-order valence-electron chi connectivity index (χ3n) is 5.24. The van der Waals surface area contributed by atoms with Crippen LogP contribution in [-0.2, 0) is 4.74 Å². The van der Waals surface area contributed by atoms with Gasteiger partial charge in [-0.25, -0.2) is 9.97 Å². The van der Waals surface area contributed by atoms with Crippen molar-refractivity contribution in [1.82, 2.24) is 24.2 Å². The molecule has 2 aliphatic heterocycles. The van der Waals surface area contributed by atoms with E-state index in [1.807, 2.05) is 23.6 Å². The topological polar surface area (TPSA) is 63.0 Å². The number of nitrogens with zero attached hydrogens (tertiary/aromatic N) is 5. The predicted molar refractivity (Wildman–Crippen MR) is 93.7 cm³/mol. The van der Waals surface area contributed by atoms with Crippen LogP contribution in [0.25, 0.3) is 5.78 Å². The Morgan fingerprint density at radius 3 is 2.96 bits per heavy atom. The van der Waals surface area contributed by atoms with Crippen molar-refractivity contribution in [2.75, 3.05) is 39.4 Å². The van der Waals surface area contributed by atoms with Gasteiger partial charge < -0.3 is 9.64 Å². The van der Waals surface area contributed by atoms with E-state index in [1.54, 1.807) is 6.20 Å². The smallest absolute Gasteiger partial charge is 0.273 e. The largest absolute Gasteiger partial charge is 0.379 e. The van der Waals surface area contributed by atoms with Crippen molar-refractivity contribution in [1.29, 1.82) is 0 Å². The Kier molecular flexibility index (Phi) is 4.67. The molecule has 0 spiro atoms. The first-order chi connectivity index (χ1) is 12.2. The summed E-state index contributed by atoms with van der Waals surface area (Å²) in [6, 6.07) is 2.10. The Hall–Kier alpha value is -1.99. The van der Waals surface area contributed by atoms with Crippen LogP contribution in [0.3, 0.4) is 0 Å². The fourth-order valence-electron chi connectivity index (χ4n) is 3.93. The molecule has 1 unspecified atom stereocenters. The van der Waals surface area contributed by atoms with Crippen molar-refractivity contribution in [3.8, 4) is 0 Å². The van der Waals surface area contributed by atoms with Gasteiger partial charge in [0.2, 0.25) is 5.78 Å². The second-order valence-corrected chi connectivity index (χ2v) is 6.90. The molecule has 0 radical (unpaired) electrons. The van der Waals surface area contributed by atoms with E-state index in [9.17, 15) is 4.79 Å². The number of fused-ring (bicyclic) bond motifs is 1. The molecule has 134 valence electrons.